The van der Waals surface area contributed by atoms with Gasteiger partial charge in [-0.1, -0.05) is 18.2 Å². The fourth-order valence-corrected chi connectivity index (χ4v) is 1.42. The van der Waals surface area contributed by atoms with Crippen LogP contribution in [-0.2, 0) is 9.53 Å². The normalized spacial score (nSPS) is 11.5. The molecule has 1 rings (SSSR count). The average molecular weight is 291 g/mol. The number of hydrogen-bond acceptors (Lipinski definition) is 6. The van der Waals surface area contributed by atoms with Crippen molar-refractivity contribution in [2.24, 2.45) is 15.9 Å². The number of carboxylic acids is 1. The Balaban J connectivity index is 2.17. The van der Waals surface area contributed by atoms with Crippen molar-refractivity contribution in [3.05, 3.63) is 35.9 Å². The lowest BCUT2D eigenvalue weighted by Crippen LogP contribution is -2.16. The van der Waals surface area contributed by atoms with Crippen LogP contribution in [0.1, 0.15) is 23.2 Å². The summed E-state index contributed by atoms with van der Waals surface area (Å²) in [5.74, 6) is 3.30. The Morgan fingerprint density at radius 3 is 2.57 bits per heavy atom. The van der Waals surface area contributed by atoms with Crippen molar-refractivity contribution in [2.45, 2.75) is 12.8 Å². The van der Waals surface area contributed by atoms with Crippen molar-refractivity contribution < 1.29 is 19.4 Å². The molecule has 0 aliphatic heterocycles. The summed E-state index contributed by atoms with van der Waals surface area (Å²) in [4.78, 5) is 26.0. The number of esters is 1. The molecule has 21 heavy (non-hydrogen) atoms. The first-order valence-electron chi connectivity index (χ1n) is 6.38. The van der Waals surface area contributed by atoms with Crippen LogP contribution in [0.25, 0.3) is 0 Å². The first-order valence-corrected chi connectivity index (χ1v) is 6.38. The van der Waals surface area contributed by atoms with Crippen LogP contribution in [0.4, 0.5) is 0 Å². The Morgan fingerprint density at radius 1 is 1.24 bits per heavy atom. The van der Waals surface area contributed by atoms with E-state index < -0.39 is 5.97 Å². The quantitative estimate of drug-likeness (QED) is 0.245. The number of benzene rings is 1. The van der Waals surface area contributed by atoms with Crippen molar-refractivity contribution in [2.75, 3.05) is 13.2 Å². The number of carboxylic acid groups (broad SMARTS) is 1. The number of nitrogens with zero attached hydrogens (tertiary/aromatic N) is 2. The molecule has 0 unspecified atom stereocenters. The number of rotatable bonds is 8. The summed E-state index contributed by atoms with van der Waals surface area (Å²) in [5, 5.41) is 11.7. The third kappa shape index (κ3) is 6.33. The number of carbonyl (C=O) groups excluding carboxylic acids is 1. The molecule has 0 heterocycles. The fraction of sp³-hybridized carbons (Fsp3) is 0.286. The summed E-state index contributed by atoms with van der Waals surface area (Å²) in [7, 11) is 0. The van der Waals surface area contributed by atoms with Gasteiger partial charge in [-0.25, -0.2) is 9.59 Å². The molecule has 7 heteroatoms. The van der Waals surface area contributed by atoms with Crippen molar-refractivity contribution in [1.29, 1.82) is 0 Å². The van der Waals surface area contributed by atoms with Crippen LogP contribution in [-0.4, -0.2) is 42.1 Å². The van der Waals surface area contributed by atoms with E-state index in [0.717, 1.165) is 6.21 Å². The maximum absolute atomic E-state index is 11.6. The summed E-state index contributed by atoms with van der Waals surface area (Å²) in [5.41, 5.74) is 0.214. The van der Waals surface area contributed by atoms with Gasteiger partial charge >= 0.3 is 11.9 Å². The van der Waals surface area contributed by atoms with E-state index in [4.69, 9.17) is 15.7 Å². The summed E-state index contributed by atoms with van der Waals surface area (Å²) in [6, 6.07) is 8.73. The molecule has 0 aliphatic rings. The van der Waals surface area contributed by atoms with E-state index in [1.54, 1.807) is 24.3 Å². The minimum Gasteiger partial charge on any atom is -0.476 e. The fourth-order valence-electron chi connectivity index (χ4n) is 1.42. The highest BCUT2D eigenvalue weighted by atomic mass is 16.5. The van der Waals surface area contributed by atoms with Gasteiger partial charge in [0.1, 0.15) is 0 Å². The zero-order chi connectivity index (χ0) is 15.5. The molecule has 0 bridgehead atoms. The van der Waals surface area contributed by atoms with Gasteiger partial charge in [0.15, 0.2) is 5.71 Å². The third-order valence-corrected chi connectivity index (χ3v) is 2.50. The lowest BCUT2D eigenvalue weighted by atomic mass is 10.2. The predicted molar refractivity (Wildman–Crippen MR) is 78.6 cm³/mol. The van der Waals surface area contributed by atoms with Crippen LogP contribution < -0.4 is 5.84 Å². The van der Waals surface area contributed by atoms with Gasteiger partial charge in [0, 0.05) is 6.54 Å². The van der Waals surface area contributed by atoms with E-state index in [1.165, 1.54) is 0 Å². The van der Waals surface area contributed by atoms with Crippen LogP contribution in [0.5, 0.6) is 0 Å². The van der Waals surface area contributed by atoms with Crippen molar-refractivity contribution in [3.63, 3.8) is 0 Å². The monoisotopic (exact) mass is 291 g/mol. The molecule has 112 valence electrons. The van der Waals surface area contributed by atoms with Gasteiger partial charge < -0.3 is 15.7 Å². The summed E-state index contributed by atoms with van der Waals surface area (Å²) in [6.07, 6.45) is 2.41. The topological polar surface area (TPSA) is 114 Å². The molecule has 3 N–H and O–H groups in total. The Morgan fingerprint density at radius 2 is 1.95 bits per heavy atom. The summed E-state index contributed by atoms with van der Waals surface area (Å²) in [6.45, 7) is 0.704. The minimum absolute atomic E-state index is 0.292. The van der Waals surface area contributed by atoms with E-state index in [2.05, 4.69) is 10.1 Å². The molecule has 0 amide bonds. The van der Waals surface area contributed by atoms with E-state index in [1.807, 2.05) is 6.07 Å². The Kier molecular flexibility index (Phi) is 7.20. The predicted octanol–water partition coefficient (Wildman–Crippen LogP) is 1.09. The van der Waals surface area contributed by atoms with E-state index in [9.17, 15) is 9.59 Å². The molecular weight excluding hydrogens is 274 g/mol. The highest BCUT2D eigenvalue weighted by molar-refractivity contribution is 6.58. The molecular formula is C14H17N3O4. The second kappa shape index (κ2) is 9.24. The van der Waals surface area contributed by atoms with Crippen LogP contribution in [0.3, 0.4) is 0 Å². The van der Waals surface area contributed by atoms with Crippen molar-refractivity contribution in [1.82, 2.24) is 0 Å². The number of aliphatic carboxylic acids is 1. The number of unbranched alkanes of at least 4 members (excludes halogenated alkanes) is 1. The minimum atomic E-state index is -1.22. The van der Waals surface area contributed by atoms with E-state index >= 15 is 0 Å². The van der Waals surface area contributed by atoms with Gasteiger partial charge in [0.25, 0.3) is 0 Å². The average Bonchev–Trinajstić information content (AvgIpc) is 2.50. The first-order chi connectivity index (χ1) is 10.1. The largest absolute Gasteiger partial charge is 0.476 e. The lowest BCUT2D eigenvalue weighted by molar-refractivity contribution is -0.129. The van der Waals surface area contributed by atoms with E-state index in [-0.39, 0.29) is 11.7 Å². The number of nitrogens with two attached hydrogens (primary N) is 1. The second-order valence-corrected chi connectivity index (χ2v) is 4.06. The maximum atomic E-state index is 11.6. The molecule has 0 atom stereocenters. The van der Waals surface area contributed by atoms with Crippen molar-refractivity contribution >= 4 is 23.9 Å². The SMILES string of the molecule is NN=C(C=NCCCCOC(=O)c1ccccc1)C(=O)O. The Labute approximate surface area is 122 Å². The van der Waals surface area contributed by atoms with Crippen LogP contribution >= 0.6 is 0 Å². The first kappa shape index (κ1) is 16.4. The zero-order valence-corrected chi connectivity index (χ0v) is 11.4. The molecule has 1 aromatic carbocycles. The molecule has 0 aliphatic carbocycles. The molecule has 0 aromatic heterocycles. The van der Waals surface area contributed by atoms with Crippen LogP contribution in [0.15, 0.2) is 40.4 Å². The number of hydrogen-bond donors (Lipinski definition) is 2. The Hall–Kier alpha value is -2.70. The van der Waals surface area contributed by atoms with Crippen LogP contribution in [0, 0.1) is 0 Å². The highest BCUT2D eigenvalue weighted by Crippen LogP contribution is 2.02. The van der Waals surface area contributed by atoms with Gasteiger partial charge in [-0.15, -0.1) is 0 Å². The zero-order valence-electron chi connectivity index (χ0n) is 11.4. The third-order valence-electron chi connectivity index (χ3n) is 2.50. The van der Waals surface area contributed by atoms with Gasteiger partial charge in [0.2, 0.25) is 0 Å². The Bertz CT molecular complexity index is 526. The molecule has 7 nitrogen and oxygen atoms in total. The van der Waals surface area contributed by atoms with Gasteiger partial charge in [-0.3, -0.25) is 4.99 Å². The van der Waals surface area contributed by atoms with Gasteiger partial charge in [-0.2, -0.15) is 5.10 Å². The van der Waals surface area contributed by atoms with Crippen molar-refractivity contribution in [3.8, 4) is 0 Å². The molecule has 0 fully saturated rings. The molecule has 0 spiro atoms. The number of hydrazone groups is 1. The highest BCUT2D eigenvalue weighted by Gasteiger charge is 2.05. The molecule has 0 saturated heterocycles. The lowest BCUT2D eigenvalue weighted by Gasteiger charge is -2.03. The number of aliphatic imine (C=N–C) groups is 1. The number of ether oxygens (including phenoxy) is 1. The van der Waals surface area contributed by atoms with E-state index in [0.29, 0.717) is 31.6 Å². The molecule has 0 radical (unpaired) electrons. The molecule has 0 saturated carbocycles. The van der Waals surface area contributed by atoms with Gasteiger partial charge in [-0.05, 0) is 25.0 Å². The summed E-state index contributed by atoms with van der Waals surface area (Å²) < 4.78 is 5.09. The molecule has 1 aromatic rings. The van der Waals surface area contributed by atoms with Crippen LogP contribution in [0.2, 0.25) is 0 Å². The smallest absolute Gasteiger partial charge is 0.357 e. The van der Waals surface area contributed by atoms with Gasteiger partial charge in [0.05, 0.1) is 18.4 Å². The second-order valence-electron chi connectivity index (χ2n) is 4.06. The standard InChI is InChI=1S/C14H17N3O4/c15-17-12(13(18)19)10-16-8-4-5-9-21-14(20)11-6-2-1-3-7-11/h1-3,6-7,10H,4-5,8-9,15H2,(H,18,19). The maximum Gasteiger partial charge on any atom is 0.357 e. The summed E-state index contributed by atoms with van der Waals surface area (Å²) >= 11 is 0. The number of carbonyl (C=O) groups is 2.